The predicted molar refractivity (Wildman–Crippen MR) is 117 cm³/mol. The third kappa shape index (κ3) is 4.64. The van der Waals surface area contributed by atoms with E-state index in [4.69, 9.17) is 5.11 Å². The summed E-state index contributed by atoms with van der Waals surface area (Å²) in [6.45, 7) is 6.87. The number of carbonyl (C=O) groups is 1. The zero-order valence-electron chi connectivity index (χ0n) is 17.0. The third-order valence-corrected chi connectivity index (χ3v) is 4.63. The van der Waals surface area contributed by atoms with Crippen LogP contribution in [0.1, 0.15) is 21.6 Å². The number of aliphatic hydroxyl groups excluding tert-OH is 1. The molecule has 0 saturated heterocycles. The van der Waals surface area contributed by atoms with Gasteiger partial charge in [0.2, 0.25) is 0 Å². The molecule has 7 heteroatoms. The molecule has 1 aromatic carbocycles. The molecule has 0 aliphatic heterocycles. The van der Waals surface area contributed by atoms with E-state index >= 15 is 0 Å². The van der Waals surface area contributed by atoms with Crippen molar-refractivity contribution in [3.8, 4) is 11.4 Å². The van der Waals surface area contributed by atoms with Crippen LogP contribution in [0.15, 0.2) is 42.5 Å². The second kappa shape index (κ2) is 8.89. The second-order valence-corrected chi connectivity index (χ2v) is 7.24. The number of hydrogen-bond acceptors (Lipinski definition) is 4. The van der Waals surface area contributed by atoms with Gasteiger partial charge < -0.3 is 20.3 Å². The molecule has 0 spiro atoms. The van der Waals surface area contributed by atoms with E-state index < -0.39 is 0 Å². The molecule has 0 atom stereocenters. The van der Waals surface area contributed by atoms with Crippen molar-refractivity contribution in [3.05, 3.63) is 59.3 Å². The van der Waals surface area contributed by atoms with Gasteiger partial charge in [0, 0.05) is 29.7 Å². The van der Waals surface area contributed by atoms with Crippen molar-refractivity contribution in [2.45, 2.75) is 6.92 Å². The van der Waals surface area contributed by atoms with Crippen LogP contribution in [0.25, 0.3) is 28.4 Å². The number of fused-ring (bicyclic) bond motifs is 1. The van der Waals surface area contributed by atoms with Crippen molar-refractivity contribution in [2.75, 3.05) is 33.8 Å². The maximum Gasteiger partial charge on any atom is 0.251 e. The molecule has 152 valence electrons. The lowest BCUT2D eigenvalue weighted by Gasteiger charge is -2.09. The molecule has 1 amide bonds. The lowest BCUT2D eigenvalue weighted by Crippen LogP contribution is -2.26. The van der Waals surface area contributed by atoms with Gasteiger partial charge >= 0.3 is 0 Å². The Morgan fingerprint density at radius 2 is 2.14 bits per heavy atom. The summed E-state index contributed by atoms with van der Waals surface area (Å²) in [5.74, 6) is -0.223. The Balaban J connectivity index is 1.97. The molecule has 0 aliphatic carbocycles. The van der Waals surface area contributed by atoms with Crippen molar-refractivity contribution < 1.29 is 9.90 Å². The summed E-state index contributed by atoms with van der Waals surface area (Å²) in [4.78, 5) is 17.7. The van der Waals surface area contributed by atoms with Crippen molar-refractivity contribution in [1.29, 1.82) is 0 Å². The van der Waals surface area contributed by atoms with Gasteiger partial charge in [0.1, 0.15) is 5.69 Å². The van der Waals surface area contributed by atoms with Gasteiger partial charge in [-0.3, -0.25) is 9.89 Å². The Kier molecular flexibility index (Phi) is 6.31. The predicted octanol–water partition coefficient (Wildman–Crippen LogP) is 2.72. The number of amides is 1. The Labute approximate surface area is 170 Å². The topological polar surface area (TPSA) is 97.0 Å². The van der Waals surface area contributed by atoms with E-state index in [1.807, 2.05) is 39.2 Å². The maximum atomic E-state index is 12.2. The Morgan fingerprint density at radius 3 is 2.83 bits per heavy atom. The first-order valence-electron chi connectivity index (χ1n) is 9.47. The largest absolute Gasteiger partial charge is 0.395 e. The zero-order valence-corrected chi connectivity index (χ0v) is 17.0. The number of H-pyrrole nitrogens is 2. The van der Waals surface area contributed by atoms with Gasteiger partial charge in [-0.2, -0.15) is 5.10 Å². The van der Waals surface area contributed by atoms with Crippen LogP contribution in [0.2, 0.25) is 0 Å². The number of benzene rings is 1. The molecule has 3 rings (SSSR count). The van der Waals surface area contributed by atoms with Gasteiger partial charge in [-0.25, -0.2) is 0 Å². The fraction of sp³-hybridized carbons (Fsp3) is 0.273. The van der Waals surface area contributed by atoms with E-state index in [1.54, 1.807) is 6.07 Å². The minimum atomic E-state index is -0.223. The first kappa shape index (κ1) is 20.6. The molecule has 0 fully saturated rings. The number of aromatic amines is 2. The number of carbonyl (C=O) groups excluding carboxylic acids is 1. The normalized spacial score (nSPS) is 12.0. The highest BCUT2D eigenvalue weighted by atomic mass is 16.3. The zero-order chi connectivity index (χ0) is 21.0. The molecule has 0 aliphatic rings. The summed E-state index contributed by atoms with van der Waals surface area (Å²) < 4.78 is 0. The van der Waals surface area contributed by atoms with Gasteiger partial charge in [-0.05, 0) is 62.5 Å². The molecule has 2 heterocycles. The number of aliphatic hydroxyl groups is 1. The minimum Gasteiger partial charge on any atom is -0.395 e. The van der Waals surface area contributed by atoms with Gasteiger partial charge in [0.25, 0.3) is 5.91 Å². The summed E-state index contributed by atoms with van der Waals surface area (Å²) >= 11 is 0. The minimum absolute atomic E-state index is 0.0937. The lowest BCUT2D eigenvalue weighted by molar-refractivity contribution is 0.0945. The van der Waals surface area contributed by atoms with Gasteiger partial charge in [0.05, 0.1) is 17.8 Å². The lowest BCUT2D eigenvalue weighted by atomic mass is 10.1. The Morgan fingerprint density at radius 1 is 1.34 bits per heavy atom. The van der Waals surface area contributed by atoms with Crippen LogP contribution in [-0.2, 0) is 0 Å². The van der Waals surface area contributed by atoms with Crippen LogP contribution in [0.4, 0.5) is 0 Å². The van der Waals surface area contributed by atoms with Crippen LogP contribution in [-0.4, -0.2) is 64.9 Å². The van der Waals surface area contributed by atoms with E-state index in [1.165, 1.54) is 0 Å². The van der Waals surface area contributed by atoms with Crippen LogP contribution in [0, 0.1) is 6.92 Å². The molecular weight excluding hydrogens is 366 g/mol. The summed E-state index contributed by atoms with van der Waals surface area (Å²) in [6.07, 6.45) is 3.98. The highest BCUT2D eigenvalue weighted by Gasteiger charge is 2.14. The molecular formula is C22H27N5O2. The van der Waals surface area contributed by atoms with Gasteiger partial charge in [-0.15, -0.1) is 0 Å². The van der Waals surface area contributed by atoms with Crippen molar-refractivity contribution in [1.82, 2.24) is 25.4 Å². The van der Waals surface area contributed by atoms with Crippen molar-refractivity contribution in [3.63, 3.8) is 0 Å². The number of hydrogen-bond donors (Lipinski definition) is 4. The summed E-state index contributed by atoms with van der Waals surface area (Å²) in [5, 5.41) is 19.9. The van der Waals surface area contributed by atoms with E-state index in [-0.39, 0.29) is 19.1 Å². The van der Waals surface area contributed by atoms with Crippen LogP contribution < -0.4 is 5.32 Å². The number of likely N-dealkylation sites (N-methyl/N-ethyl adjacent to an activating group) is 1. The fourth-order valence-corrected chi connectivity index (χ4v) is 3.22. The highest BCUT2D eigenvalue weighted by molar-refractivity contribution is 6.01. The van der Waals surface area contributed by atoms with Crippen molar-refractivity contribution in [2.24, 2.45) is 0 Å². The summed E-state index contributed by atoms with van der Waals surface area (Å²) in [6, 6.07) is 7.45. The molecule has 2 aromatic heterocycles. The number of nitrogens with zero attached hydrogens (tertiary/aromatic N) is 2. The number of rotatable bonds is 8. The molecule has 4 N–H and O–H groups in total. The van der Waals surface area contributed by atoms with E-state index in [0.717, 1.165) is 45.7 Å². The maximum absolute atomic E-state index is 12.2. The molecule has 3 aromatic rings. The average Bonchev–Trinajstić information content (AvgIpc) is 3.27. The Bertz CT molecular complexity index is 1060. The molecule has 7 nitrogen and oxygen atoms in total. The molecule has 29 heavy (non-hydrogen) atoms. The third-order valence-electron chi connectivity index (χ3n) is 4.63. The molecule has 0 radical (unpaired) electrons. The molecule has 0 unspecified atom stereocenters. The van der Waals surface area contributed by atoms with Gasteiger partial charge in [0.15, 0.2) is 0 Å². The van der Waals surface area contributed by atoms with E-state index in [9.17, 15) is 4.79 Å². The second-order valence-electron chi connectivity index (χ2n) is 7.24. The SMILES string of the molecule is C=C/C(=C\c1cc(-c2n[nH]c3ccc(C(=O)NCCO)cc23)[nH]c1C)CN(C)C. The number of aryl methyl sites for hydroxylation is 1. The van der Waals surface area contributed by atoms with Crippen LogP contribution in [0.5, 0.6) is 0 Å². The summed E-state index contributed by atoms with van der Waals surface area (Å²) in [5.41, 5.74) is 6.24. The van der Waals surface area contributed by atoms with Gasteiger partial charge in [-0.1, -0.05) is 12.7 Å². The van der Waals surface area contributed by atoms with E-state index in [2.05, 4.69) is 44.1 Å². The fourth-order valence-electron chi connectivity index (χ4n) is 3.22. The first-order valence-corrected chi connectivity index (χ1v) is 9.47. The highest BCUT2D eigenvalue weighted by Crippen LogP contribution is 2.29. The summed E-state index contributed by atoms with van der Waals surface area (Å²) in [7, 11) is 4.05. The monoisotopic (exact) mass is 393 g/mol. The standard InChI is InChI=1S/C22H27N5O2/c1-5-15(13-27(3)4)10-17-12-20(24-14(17)2)21-18-11-16(22(29)23-8-9-28)6-7-19(18)25-26-21/h5-7,10-12,24,28H,1,8-9,13H2,2-4H3,(H,23,29)(H,25,26)/b15-10+. The number of aromatic nitrogens is 3. The molecule has 0 saturated carbocycles. The molecule has 0 bridgehead atoms. The quantitative estimate of drug-likeness (QED) is 0.443. The Hall–Kier alpha value is -3.16. The smallest absolute Gasteiger partial charge is 0.251 e. The average molecular weight is 393 g/mol. The first-order chi connectivity index (χ1) is 13.9. The van der Waals surface area contributed by atoms with Crippen LogP contribution in [0.3, 0.4) is 0 Å². The number of nitrogens with one attached hydrogen (secondary N) is 3. The van der Waals surface area contributed by atoms with E-state index in [0.29, 0.717) is 5.56 Å². The van der Waals surface area contributed by atoms with Crippen molar-refractivity contribution >= 4 is 22.9 Å². The van der Waals surface area contributed by atoms with Crippen LogP contribution >= 0.6 is 0 Å².